The van der Waals surface area contributed by atoms with Gasteiger partial charge in [-0.25, -0.2) is 0 Å². The van der Waals surface area contributed by atoms with Crippen molar-refractivity contribution in [2.24, 2.45) is 5.41 Å². The number of carbonyl (C=O) groups is 1. The van der Waals surface area contributed by atoms with Gasteiger partial charge in [-0.05, 0) is 26.7 Å². The van der Waals surface area contributed by atoms with Gasteiger partial charge in [0.2, 0.25) is 0 Å². The number of unbranched alkanes of at least 4 members (excludes halogenated alkanes) is 3. The minimum Gasteiger partial charge on any atom is -0.481 e. The van der Waals surface area contributed by atoms with E-state index in [2.05, 4.69) is 0 Å². The van der Waals surface area contributed by atoms with E-state index in [-0.39, 0.29) is 5.75 Å². The topological polar surface area (TPSA) is 91.7 Å². The van der Waals surface area contributed by atoms with Crippen molar-refractivity contribution in [2.75, 3.05) is 5.75 Å². The van der Waals surface area contributed by atoms with Crippen molar-refractivity contribution in [2.45, 2.75) is 46.0 Å². The second kappa shape index (κ2) is 6.20. The first kappa shape index (κ1) is 15.4. The van der Waals surface area contributed by atoms with Crippen molar-refractivity contribution < 1.29 is 22.9 Å². The molecule has 0 aliphatic rings. The SMILES string of the molecule is CC(C)(CCCCCCS(=O)(=O)O)C(=O)O. The van der Waals surface area contributed by atoms with Crippen LogP contribution in [-0.4, -0.2) is 29.8 Å². The van der Waals surface area contributed by atoms with Gasteiger partial charge in [0, 0.05) is 0 Å². The van der Waals surface area contributed by atoms with Crippen LogP contribution in [0, 0.1) is 5.41 Å². The van der Waals surface area contributed by atoms with E-state index in [0.29, 0.717) is 19.3 Å². The minimum absolute atomic E-state index is 0.213. The molecule has 0 fully saturated rings. The summed E-state index contributed by atoms with van der Waals surface area (Å²) in [5.41, 5.74) is -0.719. The van der Waals surface area contributed by atoms with Gasteiger partial charge < -0.3 is 5.11 Å². The molecule has 0 radical (unpaired) electrons. The van der Waals surface area contributed by atoms with Crippen molar-refractivity contribution >= 4 is 16.1 Å². The Morgan fingerprint density at radius 1 is 1.12 bits per heavy atom. The standard InChI is InChI=1S/C10H20O5S/c1-10(2,9(11)12)7-5-3-4-6-8-16(13,14)15/h3-8H2,1-2H3,(H,11,12)(H,13,14,15). The number of carboxylic acids is 1. The fourth-order valence-electron chi connectivity index (χ4n) is 1.31. The van der Waals surface area contributed by atoms with Crippen LogP contribution < -0.4 is 0 Å². The fraction of sp³-hybridized carbons (Fsp3) is 0.900. The Labute approximate surface area is 96.6 Å². The second-order valence-electron chi connectivity index (χ2n) is 4.64. The van der Waals surface area contributed by atoms with Crippen LogP contribution in [-0.2, 0) is 14.9 Å². The van der Waals surface area contributed by atoms with Gasteiger partial charge in [0.15, 0.2) is 0 Å². The number of rotatable bonds is 8. The predicted octanol–water partition coefficient (Wildman–Crippen LogP) is 1.94. The number of hydrogen-bond acceptors (Lipinski definition) is 3. The third-order valence-electron chi connectivity index (χ3n) is 2.53. The van der Waals surface area contributed by atoms with Crippen LogP contribution in [0.5, 0.6) is 0 Å². The summed E-state index contributed by atoms with van der Waals surface area (Å²) in [7, 11) is -3.85. The molecule has 96 valence electrons. The Bertz CT molecular complexity index is 318. The highest BCUT2D eigenvalue weighted by Gasteiger charge is 2.25. The highest BCUT2D eigenvalue weighted by atomic mass is 32.2. The molecule has 0 saturated carbocycles. The summed E-state index contributed by atoms with van der Waals surface area (Å²) in [5.74, 6) is -1.03. The average Bonchev–Trinajstić information content (AvgIpc) is 2.09. The lowest BCUT2D eigenvalue weighted by atomic mass is 9.87. The summed E-state index contributed by atoms with van der Waals surface area (Å²) in [6.07, 6.45) is 3.23. The van der Waals surface area contributed by atoms with E-state index in [1.807, 2.05) is 0 Å². The summed E-state index contributed by atoms with van der Waals surface area (Å²) in [6, 6.07) is 0. The maximum Gasteiger partial charge on any atom is 0.309 e. The monoisotopic (exact) mass is 252 g/mol. The average molecular weight is 252 g/mol. The zero-order chi connectivity index (χ0) is 12.8. The van der Waals surface area contributed by atoms with E-state index < -0.39 is 21.5 Å². The third kappa shape index (κ3) is 7.64. The van der Waals surface area contributed by atoms with Gasteiger partial charge in [-0.1, -0.05) is 19.3 Å². The molecular weight excluding hydrogens is 232 g/mol. The number of hydrogen-bond donors (Lipinski definition) is 2. The van der Waals surface area contributed by atoms with Crippen molar-refractivity contribution in [1.29, 1.82) is 0 Å². The van der Waals surface area contributed by atoms with Crippen molar-refractivity contribution in [1.82, 2.24) is 0 Å². The molecular formula is C10H20O5S. The van der Waals surface area contributed by atoms with Crippen LogP contribution in [0.25, 0.3) is 0 Å². The van der Waals surface area contributed by atoms with E-state index in [1.165, 1.54) is 0 Å². The summed E-state index contributed by atoms with van der Waals surface area (Å²) >= 11 is 0. The van der Waals surface area contributed by atoms with E-state index in [4.69, 9.17) is 9.66 Å². The van der Waals surface area contributed by atoms with E-state index in [1.54, 1.807) is 13.8 Å². The Balaban J connectivity index is 3.59. The zero-order valence-corrected chi connectivity index (χ0v) is 10.6. The van der Waals surface area contributed by atoms with E-state index in [0.717, 1.165) is 12.8 Å². The maximum atomic E-state index is 10.8. The van der Waals surface area contributed by atoms with Crippen molar-refractivity contribution in [3.05, 3.63) is 0 Å². The van der Waals surface area contributed by atoms with Gasteiger partial charge in [0.1, 0.15) is 0 Å². The zero-order valence-electron chi connectivity index (χ0n) is 9.77. The molecule has 0 rings (SSSR count). The molecule has 0 bridgehead atoms. The molecule has 6 heteroatoms. The van der Waals surface area contributed by atoms with E-state index >= 15 is 0 Å². The first-order valence-corrected chi connectivity index (χ1v) is 6.95. The molecule has 0 heterocycles. The smallest absolute Gasteiger partial charge is 0.309 e. The minimum atomic E-state index is -3.85. The van der Waals surface area contributed by atoms with Crippen molar-refractivity contribution in [3.8, 4) is 0 Å². The highest BCUT2D eigenvalue weighted by Crippen LogP contribution is 2.23. The van der Waals surface area contributed by atoms with Gasteiger partial charge in [-0.15, -0.1) is 0 Å². The molecule has 0 aromatic heterocycles. The molecule has 0 aromatic carbocycles. The first-order valence-electron chi connectivity index (χ1n) is 5.34. The molecule has 16 heavy (non-hydrogen) atoms. The Morgan fingerprint density at radius 2 is 1.62 bits per heavy atom. The lowest BCUT2D eigenvalue weighted by molar-refractivity contribution is -0.147. The normalized spacial score (nSPS) is 12.7. The molecule has 0 aliphatic carbocycles. The molecule has 0 aliphatic heterocycles. The van der Waals surface area contributed by atoms with Crippen LogP contribution in [0.15, 0.2) is 0 Å². The van der Waals surface area contributed by atoms with Gasteiger partial charge in [-0.3, -0.25) is 9.35 Å². The fourth-order valence-corrected chi connectivity index (χ4v) is 1.88. The molecule has 5 nitrogen and oxygen atoms in total. The predicted molar refractivity (Wildman–Crippen MR) is 60.9 cm³/mol. The summed E-state index contributed by atoms with van der Waals surface area (Å²) < 4.78 is 29.3. The Hall–Kier alpha value is -0.620. The first-order chi connectivity index (χ1) is 7.15. The highest BCUT2D eigenvalue weighted by molar-refractivity contribution is 7.85. The second-order valence-corrected chi connectivity index (χ2v) is 6.21. The van der Waals surface area contributed by atoms with Gasteiger partial charge in [0.05, 0.1) is 11.2 Å². The molecule has 2 N–H and O–H groups in total. The van der Waals surface area contributed by atoms with Crippen LogP contribution in [0.3, 0.4) is 0 Å². The third-order valence-corrected chi connectivity index (χ3v) is 3.34. The lowest BCUT2D eigenvalue weighted by Crippen LogP contribution is -2.23. The largest absolute Gasteiger partial charge is 0.481 e. The molecule has 0 atom stereocenters. The molecule has 0 amide bonds. The van der Waals surface area contributed by atoms with Crippen LogP contribution in [0.1, 0.15) is 46.0 Å². The summed E-state index contributed by atoms with van der Waals surface area (Å²) in [5, 5.41) is 8.84. The molecule has 0 saturated heterocycles. The van der Waals surface area contributed by atoms with Crippen LogP contribution in [0.2, 0.25) is 0 Å². The molecule has 0 aromatic rings. The van der Waals surface area contributed by atoms with Gasteiger partial charge in [0.25, 0.3) is 10.1 Å². The maximum absolute atomic E-state index is 10.8. The molecule has 0 spiro atoms. The summed E-state index contributed by atoms with van der Waals surface area (Å²) in [4.78, 5) is 10.8. The molecule has 0 unspecified atom stereocenters. The van der Waals surface area contributed by atoms with Gasteiger partial charge in [-0.2, -0.15) is 8.42 Å². The van der Waals surface area contributed by atoms with Gasteiger partial charge >= 0.3 is 5.97 Å². The Morgan fingerprint density at radius 3 is 2.06 bits per heavy atom. The Kier molecular flexibility index (Phi) is 5.96. The quantitative estimate of drug-likeness (QED) is 0.508. The van der Waals surface area contributed by atoms with E-state index in [9.17, 15) is 13.2 Å². The summed E-state index contributed by atoms with van der Waals surface area (Å²) in [6.45, 7) is 3.35. The number of aliphatic carboxylic acids is 1. The number of carboxylic acid groups (broad SMARTS) is 1. The lowest BCUT2D eigenvalue weighted by Gasteiger charge is -2.18. The van der Waals surface area contributed by atoms with Crippen LogP contribution in [0.4, 0.5) is 0 Å². The van der Waals surface area contributed by atoms with Crippen LogP contribution >= 0.6 is 0 Å². The van der Waals surface area contributed by atoms with Crippen molar-refractivity contribution in [3.63, 3.8) is 0 Å².